The second-order valence-electron chi connectivity index (χ2n) is 4.92. The average molecular weight is 417 g/mol. The Morgan fingerprint density at radius 2 is 1.23 bits per heavy atom. The molecule has 0 heterocycles. The van der Waals surface area contributed by atoms with Crippen molar-refractivity contribution in [2.45, 2.75) is 5.33 Å². The van der Waals surface area contributed by atoms with Crippen molar-refractivity contribution in [2.24, 2.45) is 0 Å². The highest BCUT2D eigenvalue weighted by molar-refractivity contribution is 9.10. The van der Waals surface area contributed by atoms with Crippen LogP contribution in [-0.4, -0.2) is 0 Å². The summed E-state index contributed by atoms with van der Waals surface area (Å²) in [4.78, 5) is 2.25. The smallest absolute Gasteiger partial charge is 0.0473 e. The maximum atomic E-state index is 3.66. The van der Waals surface area contributed by atoms with Crippen LogP contribution in [0.15, 0.2) is 83.3 Å². The number of para-hydroxylation sites is 2. The molecule has 110 valence electrons. The van der Waals surface area contributed by atoms with E-state index in [0.29, 0.717) is 0 Å². The molecule has 3 heteroatoms. The van der Waals surface area contributed by atoms with Crippen LogP contribution in [-0.2, 0) is 5.33 Å². The molecule has 0 spiro atoms. The number of hydrogen-bond donors (Lipinski definition) is 0. The minimum Gasteiger partial charge on any atom is -0.310 e. The summed E-state index contributed by atoms with van der Waals surface area (Å²) in [6.45, 7) is 0. The summed E-state index contributed by atoms with van der Waals surface area (Å²) in [5, 5.41) is 0.838. The van der Waals surface area contributed by atoms with Gasteiger partial charge in [0, 0.05) is 26.9 Å². The fourth-order valence-corrected chi connectivity index (χ4v) is 3.76. The van der Waals surface area contributed by atoms with Gasteiger partial charge in [0.2, 0.25) is 0 Å². The zero-order valence-electron chi connectivity index (χ0n) is 11.9. The van der Waals surface area contributed by atoms with E-state index in [-0.39, 0.29) is 0 Å². The third-order valence-electron chi connectivity index (χ3n) is 3.47. The molecule has 0 saturated carbocycles. The predicted molar refractivity (Wildman–Crippen MR) is 101 cm³/mol. The number of anilines is 3. The lowest BCUT2D eigenvalue weighted by molar-refractivity contribution is 1.26. The predicted octanol–water partition coefficient (Wildman–Crippen LogP) is 6.81. The van der Waals surface area contributed by atoms with Crippen molar-refractivity contribution in [2.75, 3.05) is 4.90 Å². The Morgan fingerprint density at radius 3 is 1.68 bits per heavy atom. The normalized spacial score (nSPS) is 10.5. The van der Waals surface area contributed by atoms with Gasteiger partial charge < -0.3 is 4.90 Å². The largest absolute Gasteiger partial charge is 0.310 e. The summed E-state index contributed by atoms with van der Waals surface area (Å²) in [7, 11) is 0. The van der Waals surface area contributed by atoms with Crippen molar-refractivity contribution in [3.05, 3.63) is 88.9 Å². The lowest BCUT2D eigenvalue weighted by Crippen LogP contribution is -2.09. The summed E-state index contributed by atoms with van der Waals surface area (Å²) in [5.41, 5.74) is 4.66. The van der Waals surface area contributed by atoms with Crippen LogP contribution in [0.5, 0.6) is 0 Å². The third-order valence-corrected chi connectivity index (χ3v) is 4.81. The van der Waals surface area contributed by atoms with Gasteiger partial charge in [0.15, 0.2) is 0 Å². The molecule has 0 saturated heterocycles. The fourth-order valence-electron chi connectivity index (χ4n) is 2.39. The Hall–Kier alpha value is -1.58. The molecule has 3 aromatic rings. The highest BCUT2D eigenvalue weighted by atomic mass is 79.9. The maximum absolute atomic E-state index is 3.66. The van der Waals surface area contributed by atoms with Crippen molar-refractivity contribution >= 4 is 48.9 Å². The lowest BCUT2D eigenvalue weighted by Gasteiger charge is -2.25. The number of benzene rings is 3. The van der Waals surface area contributed by atoms with Crippen molar-refractivity contribution in [1.29, 1.82) is 0 Å². The third kappa shape index (κ3) is 3.26. The van der Waals surface area contributed by atoms with Gasteiger partial charge in [-0.05, 0) is 42.0 Å². The minimum absolute atomic E-state index is 0.838. The quantitative estimate of drug-likeness (QED) is 0.422. The molecule has 3 aromatic carbocycles. The van der Waals surface area contributed by atoms with Gasteiger partial charge in [-0.25, -0.2) is 0 Å². The van der Waals surface area contributed by atoms with E-state index in [2.05, 4.69) is 103 Å². The van der Waals surface area contributed by atoms with Crippen LogP contribution in [0.4, 0.5) is 17.1 Å². The van der Waals surface area contributed by atoms with Crippen LogP contribution in [0.2, 0.25) is 0 Å². The van der Waals surface area contributed by atoms with E-state index in [0.717, 1.165) is 26.9 Å². The molecule has 1 nitrogen and oxygen atoms in total. The zero-order chi connectivity index (χ0) is 15.4. The van der Waals surface area contributed by atoms with Gasteiger partial charge in [-0.1, -0.05) is 74.3 Å². The molecule has 0 unspecified atom stereocenters. The minimum atomic E-state index is 0.838. The van der Waals surface area contributed by atoms with E-state index in [9.17, 15) is 0 Å². The van der Waals surface area contributed by atoms with Crippen LogP contribution in [0, 0.1) is 0 Å². The Balaban J connectivity index is 2.12. The highest BCUT2D eigenvalue weighted by Crippen LogP contribution is 2.36. The number of halogens is 2. The first-order chi connectivity index (χ1) is 10.8. The summed E-state index contributed by atoms with van der Waals surface area (Å²) < 4.78 is 1.11. The summed E-state index contributed by atoms with van der Waals surface area (Å²) in [5.74, 6) is 0. The first-order valence-electron chi connectivity index (χ1n) is 7.04. The van der Waals surface area contributed by atoms with Crippen molar-refractivity contribution in [3.8, 4) is 0 Å². The Morgan fingerprint density at radius 1 is 0.682 bits per heavy atom. The molecule has 22 heavy (non-hydrogen) atoms. The standard InChI is InChI=1S/C19H15Br2N/c20-14-15-11-12-18(13-19(15)21)22(16-7-3-1-4-8-16)17-9-5-2-6-10-17/h1-13H,14H2. The molecule has 0 aliphatic carbocycles. The molecule has 0 atom stereocenters. The number of hydrogen-bond acceptors (Lipinski definition) is 1. The van der Waals surface area contributed by atoms with Crippen LogP contribution >= 0.6 is 31.9 Å². The van der Waals surface area contributed by atoms with Gasteiger partial charge in [-0.15, -0.1) is 0 Å². The van der Waals surface area contributed by atoms with E-state index in [1.165, 1.54) is 5.56 Å². The molecule has 0 N–H and O–H groups in total. The highest BCUT2D eigenvalue weighted by Gasteiger charge is 2.12. The van der Waals surface area contributed by atoms with Gasteiger partial charge in [0.05, 0.1) is 0 Å². The first kappa shape index (κ1) is 15.3. The SMILES string of the molecule is BrCc1ccc(N(c2ccccc2)c2ccccc2)cc1Br. The summed E-state index contributed by atoms with van der Waals surface area (Å²) in [6, 6.07) is 27.3. The molecular weight excluding hydrogens is 402 g/mol. The van der Waals surface area contributed by atoms with Crippen molar-refractivity contribution < 1.29 is 0 Å². The molecule has 0 aromatic heterocycles. The molecule has 0 amide bonds. The van der Waals surface area contributed by atoms with Gasteiger partial charge >= 0.3 is 0 Å². The number of nitrogens with zero attached hydrogens (tertiary/aromatic N) is 1. The van der Waals surface area contributed by atoms with Gasteiger partial charge in [-0.3, -0.25) is 0 Å². The molecule has 0 aliphatic rings. The number of rotatable bonds is 4. The Labute approximate surface area is 147 Å². The first-order valence-corrected chi connectivity index (χ1v) is 8.95. The van der Waals surface area contributed by atoms with Crippen LogP contribution in [0.25, 0.3) is 0 Å². The van der Waals surface area contributed by atoms with Gasteiger partial charge in [0.25, 0.3) is 0 Å². The van der Waals surface area contributed by atoms with Crippen molar-refractivity contribution in [1.82, 2.24) is 0 Å². The van der Waals surface area contributed by atoms with Gasteiger partial charge in [0.1, 0.15) is 0 Å². The maximum Gasteiger partial charge on any atom is 0.0473 e. The van der Waals surface area contributed by atoms with E-state index in [1.807, 2.05) is 12.1 Å². The molecule has 0 radical (unpaired) electrons. The number of alkyl halides is 1. The molecule has 0 bridgehead atoms. The zero-order valence-corrected chi connectivity index (χ0v) is 15.1. The van der Waals surface area contributed by atoms with E-state index < -0.39 is 0 Å². The van der Waals surface area contributed by atoms with E-state index in [4.69, 9.17) is 0 Å². The second-order valence-corrected chi connectivity index (χ2v) is 6.33. The summed E-state index contributed by atoms with van der Waals surface area (Å²) in [6.07, 6.45) is 0. The van der Waals surface area contributed by atoms with Gasteiger partial charge in [-0.2, -0.15) is 0 Å². The average Bonchev–Trinajstić information content (AvgIpc) is 2.57. The van der Waals surface area contributed by atoms with Crippen LogP contribution in [0.1, 0.15) is 5.56 Å². The lowest BCUT2D eigenvalue weighted by atomic mass is 10.1. The second kappa shape index (κ2) is 7.12. The topological polar surface area (TPSA) is 3.24 Å². The van der Waals surface area contributed by atoms with Crippen LogP contribution < -0.4 is 4.90 Å². The molecule has 0 aliphatic heterocycles. The molecule has 0 fully saturated rings. The van der Waals surface area contributed by atoms with Crippen molar-refractivity contribution in [3.63, 3.8) is 0 Å². The Bertz CT molecular complexity index is 702. The van der Waals surface area contributed by atoms with Crippen LogP contribution in [0.3, 0.4) is 0 Å². The monoisotopic (exact) mass is 415 g/mol. The fraction of sp³-hybridized carbons (Fsp3) is 0.0526. The van der Waals surface area contributed by atoms with E-state index >= 15 is 0 Å². The van der Waals surface area contributed by atoms with E-state index in [1.54, 1.807) is 0 Å². The molecule has 3 rings (SSSR count). The molecular formula is C19H15Br2N. The Kier molecular flexibility index (Phi) is 4.96. The summed E-state index contributed by atoms with van der Waals surface area (Å²) >= 11 is 7.18.